The van der Waals surface area contributed by atoms with Crippen LogP contribution < -0.4 is 18.9 Å². The van der Waals surface area contributed by atoms with Gasteiger partial charge < -0.3 is 24.1 Å². The van der Waals surface area contributed by atoms with Crippen LogP contribution in [0.1, 0.15) is 40.9 Å². The van der Waals surface area contributed by atoms with Crippen molar-refractivity contribution in [3.8, 4) is 28.7 Å². The minimum absolute atomic E-state index is 0.0975. The summed E-state index contributed by atoms with van der Waals surface area (Å²) in [6, 6.07) is 16.9. The topological polar surface area (TPSA) is 72.8 Å². The second-order valence-electron chi connectivity index (χ2n) is 8.12. The summed E-state index contributed by atoms with van der Waals surface area (Å²) in [5.74, 6) is 2.91. The van der Waals surface area contributed by atoms with Crippen LogP contribution in [0.5, 0.6) is 28.7 Å². The maximum atomic E-state index is 10.6. The summed E-state index contributed by atoms with van der Waals surface area (Å²) in [6.45, 7) is 2.00. The number of hydrogen-bond donors (Lipinski definition) is 1. The minimum Gasteiger partial charge on any atom is -0.507 e. The molecule has 0 fully saturated rings. The molecule has 0 saturated heterocycles. The van der Waals surface area contributed by atoms with Gasteiger partial charge in [-0.15, -0.1) is 0 Å². The molecule has 0 aliphatic carbocycles. The molecule has 7 heteroatoms. The second kappa shape index (κ2) is 8.24. The molecule has 0 bridgehead atoms. The Hall–Kier alpha value is -3.87. The first-order valence-electron chi connectivity index (χ1n) is 10.7. The van der Waals surface area contributed by atoms with Crippen molar-refractivity contribution in [1.29, 1.82) is 0 Å². The molecule has 7 nitrogen and oxygen atoms in total. The van der Waals surface area contributed by atoms with Gasteiger partial charge in [0.05, 0.1) is 38.6 Å². The van der Waals surface area contributed by atoms with Crippen LogP contribution in [0.3, 0.4) is 0 Å². The van der Waals surface area contributed by atoms with E-state index >= 15 is 0 Å². The number of nitrogens with zero attached hydrogens (tertiary/aromatic N) is 2. The van der Waals surface area contributed by atoms with Crippen molar-refractivity contribution in [3.05, 3.63) is 76.9 Å². The summed E-state index contributed by atoms with van der Waals surface area (Å²) in [4.78, 5) is 0. The zero-order valence-electron chi connectivity index (χ0n) is 19.0. The predicted molar refractivity (Wildman–Crippen MR) is 124 cm³/mol. The molecule has 2 atom stereocenters. The van der Waals surface area contributed by atoms with Crippen LogP contribution in [-0.4, -0.2) is 37.2 Å². The lowest BCUT2D eigenvalue weighted by atomic mass is 9.94. The van der Waals surface area contributed by atoms with E-state index in [1.165, 1.54) is 0 Å². The van der Waals surface area contributed by atoms with Gasteiger partial charge in [0.25, 0.3) is 0 Å². The number of hydrogen-bond acceptors (Lipinski definition) is 7. The van der Waals surface area contributed by atoms with E-state index in [1.807, 2.05) is 60.5 Å². The van der Waals surface area contributed by atoms with E-state index in [-0.39, 0.29) is 11.8 Å². The van der Waals surface area contributed by atoms with Crippen LogP contribution in [0.15, 0.2) is 59.7 Å². The molecule has 3 aromatic carbocycles. The summed E-state index contributed by atoms with van der Waals surface area (Å²) < 4.78 is 23.3. The van der Waals surface area contributed by atoms with Gasteiger partial charge in [0.2, 0.25) is 6.23 Å². The van der Waals surface area contributed by atoms with Gasteiger partial charge in [0.15, 0.2) is 11.5 Å². The molecule has 0 radical (unpaired) electrons. The number of fused-ring (bicyclic) bond motifs is 3. The van der Waals surface area contributed by atoms with Crippen molar-refractivity contribution in [2.75, 3.05) is 21.3 Å². The van der Waals surface area contributed by atoms with Crippen molar-refractivity contribution in [3.63, 3.8) is 0 Å². The number of ether oxygens (including phenoxy) is 4. The molecule has 1 N–H and O–H groups in total. The first kappa shape index (κ1) is 21.0. The Labute approximate surface area is 192 Å². The van der Waals surface area contributed by atoms with E-state index in [0.29, 0.717) is 29.4 Å². The average Bonchev–Trinajstić information content (AvgIpc) is 3.29. The third kappa shape index (κ3) is 3.50. The van der Waals surface area contributed by atoms with Crippen LogP contribution in [0, 0.1) is 6.92 Å². The van der Waals surface area contributed by atoms with Gasteiger partial charge in [0, 0.05) is 17.5 Å². The fourth-order valence-corrected chi connectivity index (χ4v) is 4.53. The smallest absolute Gasteiger partial charge is 0.217 e. The van der Waals surface area contributed by atoms with Crippen LogP contribution in [-0.2, 0) is 0 Å². The van der Waals surface area contributed by atoms with Gasteiger partial charge in [0.1, 0.15) is 17.2 Å². The van der Waals surface area contributed by atoms with Crippen molar-refractivity contribution in [1.82, 2.24) is 5.01 Å². The molecule has 2 aliphatic heterocycles. The van der Waals surface area contributed by atoms with Gasteiger partial charge in [-0.05, 0) is 43.3 Å². The van der Waals surface area contributed by atoms with E-state index in [2.05, 4.69) is 0 Å². The van der Waals surface area contributed by atoms with Crippen LogP contribution in [0.2, 0.25) is 0 Å². The second-order valence-corrected chi connectivity index (χ2v) is 8.12. The molecule has 2 unspecified atom stereocenters. The summed E-state index contributed by atoms with van der Waals surface area (Å²) >= 11 is 0. The van der Waals surface area contributed by atoms with Crippen molar-refractivity contribution < 1.29 is 24.1 Å². The molecule has 0 saturated carbocycles. The van der Waals surface area contributed by atoms with Crippen molar-refractivity contribution >= 4 is 5.71 Å². The molecule has 2 heterocycles. The van der Waals surface area contributed by atoms with Crippen LogP contribution in [0.25, 0.3) is 0 Å². The van der Waals surface area contributed by atoms with Crippen molar-refractivity contribution in [2.45, 2.75) is 25.6 Å². The van der Waals surface area contributed by atoms with E-state index in [9.17, 15) is 5.11 Å². The van der Waals surface area contributed by atoms with Gasteiger partial charge in [-0.2, -0.15) is 5.10 Å². The number of phenols is 1. The maximum absolute atomic E-state index is 10.6. The SMILES string of the molecule is COc1ccc(OC)c(C2Oc3c(OC)cccc3C3CC(c4cc(C)ccc4O)=NN32)c1. The lowest BCUT2D eigenvalue weighted by Gasteiger charge is -2.39. The Morgan fingerprint density at radius 2 is 1.76 bits per heavy atom. The first-order valence-corrected chi connectivity index (χ1v) is 10.7. The molecular weight excluding hydrogens is 420 g/mol. The Balaban J connectivity index is 1.68. The largest absolute Gasteiger partial charge is 0.507 e. The molecule has 3 aromatic rings. The van der Waals surface area contributed by atoms with Crippen LogP contribution in [0.4, 0.5) is 0 Å². The molecule has 2 aliphatic rings. The van der Waals surface area contributed by atoms with Crippen molar-refractivity contribution in [2.24, 2.45) is 5.10 Å². The van der Waals surface area contributed by atoms with Gasteiger partial charge in [-0.1, -0.05) is 23.8 Å². The lowest BCUT2D eigenvalue weighted by molar-refractivity contribution is -0.0223. The number of hydrazone groups is 1. The lowest BCUT2D eigenvalue weighted by Crippen LogP contribution is -2.34. The Morgan fingerprint density at radius 1 is 0.939 bits per heavy atom. The zero-order chi connectivity index (χ0) is 23.1. The highest BCUT2D eigenvalue weighted by atomic mass is 16.5. The quantitative estimate of drug-likeness (QED) is 0.597. The molecule has 33 heavy (non-hydrogen) atoms. The van der Waals surface area contributed by atoms with Gasteiger partial charge in [-0.3, -0.25) is 0 Å². The molecule has 0 amide bonds. The maximum Gasteiger partial charge on any atom is 0.217 e. The van der Waals surface area contributed by atoms with E-state index < -0.39 is 6.23 Å². The number of aryl methyl sites for hydroxylation is 1. The summed E-state index contributed by atoms with van der Waals surface area (Å²) in [7, 11) is 4.89. The Morgan fingerprint density at radius 3 is 2.52 bits per heavy atom. The number of rotatable bonds is 5. The van der Waals surface area contributed by atoms with Gasteiger partial charge >= 0.3 is 0 Å². The molecule has 170 valence electrons. The van der Waals surface area contributed by atoms with E-state index in [4.69, 9.17) is 24.0 Å². The average molecular weight is 447 g/mol. The third-order valence-corrected chi connectivity index (χ3v) is 6.17. The fraction of sp³-hybridized carbons (Fsp3) is 0.269. The van der Waals surface area contributed by atoms with E-state index in [1.54, 1.807) is 27.4 Å². The summed E-state index contributed by atoms with van der Waals surface area (Å²) in [5, 5.41) is 17.4. The normalized spacial score (nSPS) is 18.7. The predicted octanol–water partition coefficient (Wildman–Crippen LogP) is 4.97. The molecule has 5 rings (SSSR count). The number of phenolic OH excluding ortho intramolecular Hbond substituents is 1. The number of methoxy groups -OCH3 is 3. The molecular formula is C26H26N2O5. The zero-order valence-corrected chi connectivity index (χ0v) is 19.0. The Kier molecular flexibility index (Phi) is 5.24. The standard InChI is InChI=1S/C26H26N2O5/c1-15-8-10-22(29)18(12-15)20-14-21-17-6-5-7-24(32-4)25(17)33-26(28(21)27-20)19-13-16(30-2)9-11-23(19)31-3/h5-13,21,26,29H,14H2,1-4H3. The number of para-hydroxylation sites is 1. The van der Waals surface area contributed by atoms with E-state index in [0.717, 1.165) is 28.0 Å². The van der Waals surface area contributed by atoms with Gasteiger partial charge in [-0.25, -0.2) is 5.01 Å². The summed E-state index contributed by atoms with van der Waals surface area (Å²) in [5.41, 5.74) is 4.35. The number of benzene rings is 3. The highest BCUT2D eigenvalue weighted by molar-refractivity contribution is 6.04. The fourth-order valence-electron chi connectivity index (χ4n) is 4.53. The summed E-state index contributed by atoms with van der Waals surface area (Å²) in [6.07, 6.45) is 0.0388. The van der Waals surface area contributed by atoms with Crippen LogP contribution >= 0.6 is 0 Å². The molecule has 0 spiro atoms. The number of aromatic hydroxyl groups is 1. The Bertz CT molecular complexity index is 1240. The molecule has 0 aromatic heterocycles. The first-order chi connectivity index (χ1) is 16.0. The monoisotopic (exact) mass is 446 g/mol. The highest BCUT2D eigenvalue weighted by Crippen LogP contribution is 2.52. The third-order valence-electron chi connectivity index (χ3n) is 6.17. The highest BCUT2D eigenvalue weighted by Gasteiger charge is 2.43. The minimum atomic E-state index is -0.576.